The van der Waals surface area contributed by atoms with E-state index in [1.165, 1.54) is 17.4 Å². The van der Waals surface area contributed by atoms with Crippen LogP contribution < -0.4 is 5.73 Å². The van der Waals surface area contributed by atoms with Gasteiger partial charge in [0.2, 0.25) is 0 Å². The summed E-state index contributed by atoms with van der Waals surface area (Å²) in [6.45, 7) is 1.70. The third-order valence-electron chi connectivity index (χ3n) is 3.04. The molecule has 20 heavy (non-hydrogen) atoms. The molecule has 0 aromatic carbocycles. The van der Waals surface area contributed by atoms with Crippen LogP contribution >= 0.6 is 11.3 Å². The summed E-state index contributed by atoms with van der Waals surface area (Å²) in [5.74, 6) is 0. The maximum Gasteiger partial charge on any atom is 0.264 e. The van der Waals surface area contributed by atoms with E-state index in [4.69, 9.17) is 5.73 Å². The SMILES string of the molecule is Cc1cc(C(F)F)c2c(N)c(-c3ccncc3)sc2n1. The second kappa shape index (κ2) is 4.79. The van der Waals surface area contributed by atoms with Crippen LogP contribution in [0.25, 0.3) is 20.7 Å². The number of halogens is 2. The Kier molecular flexibility index (Phi) is 3.10. The van der Waals surface area contributed by atoms with Crippen molar-refractivity contribution in [2.75, 3.05) is 5.73 Å². The van der Waals surface area contributed by atoms with Gasteiger partial charge in [-0.1, -0.05) is 0 Å². The summed E-state index contributed by atoms with van der Waals surface area (Å²) in [5.41, 5.74) is 7.81. The molecule has 0 bridgehead atoms. The van der Waals surface area contributed by atoms with E-state index in [0.29, 0.717) is 21.6 Å². The molecule has 0 saturated carbocycles. The monoisotopic (exact) mass is 291 g/mol. The quantitative estimate of drug-likeness (QED) is 0.770. The van der Waals surface area contributed by atoms with Gasteiger partial charge in [-0.25, -0.2) is 13.8 Å². The fraction of sp³-hybridized carbons (Fsp3) is 0.143. The van der Waals surface area contributed by atoms with Gasteiger partial charge in [-0.05, 0) is 30.7 Å². The van der Waals surface area contributed by atoms with Crippen LogP contribution in [0.2, 0.25) is 0 Å². The Morgan fingerprint density at radius 2 is 1.95 bits per heavy atom. The third kappa shape index (κ3) is 2.02. The number of thiophene rings is 1. The van der Waals surface area contributed by atoms with Crippen molar-refractivity contribution in [1.82, 2.24) is 9.97 Å². The number of pyridine rings is 2. The third-order valence-corrected chi connectivity index (χ3v) is 4.18. The minimum Gasteiger partial charge on any atom is -0.397 e. The average Bonchev–Trinajstić information content (AvgIpc) is 2.76. The van der Waals surface area contributed by atoms with Crippen molar-refractivity contribution in [2.45, 2.75) is 13.3 Å². The zero-order chi connectivity index (χ0) is 14.3. The molecule has 0 aliphatic heterocycles. The summed E-state index contributed by atoms with van der Waals surface area (Å²) in [5, 5.41) is 0.363. The smallest absolute Gasteiger partial charge is 0.264 e. The first-order valence-electron chi connectivity index (χ1n) is 5.96. The molecule has 3 heterocycles. The first-order valence-corrected chi connectivity index (χ1v) is 6.77. The van der Waals surface area contributed by atoms with Crippen LogP contribution in [0.1, 0.15) is 17.7 Å². The van der Waals surface area contributed by atoms with Crippen molar-refractivity contribution in [3.63, 3.8) is 0 Å². The van der Waals surface area contributed by atoms with E-state index in [1.807, 2.05) is 0 Å². The van der Waals surface area contributed by atoms with E-state index in [9.17, 15) is 8.78 Å². The van der Waals surface area contributed by atoms with Gasteiger partial charge in [0.05, 0.1) is 10.6 Å². The molecule has 3 rings (SSSR count). The van der Waals surface area contributed by atoms with E-state index in [2.05, 4.69) is 9.97 Å². The van der Waals surface area contributed by atoms with Crippen LogP contribution in [-0.4, -0.2) is 9.97 Å². The maximum absolute atomic E-state index is 13.2. The predicted molar refractivity (Wildman–Crippen MR) is 77.0 cm³/mol. The molecule has 0 amide bonds. The lowest BCUT2D eigenvalue weighted by Gasteiger charge is -2.04. The highest BCUT2D eigenvalue weighted by molar-refractivity contribution is 7.22. The second-order valence-corrected chi connectivity index (χ2v) is 5.41. The van der Waals surface area contributed by atoms with E-state index in [0.717, 1.165) is 10.4 Å². The highest BCUT2D eigenvalue weighted by Gasteiger charge is 2.20. The van der Waals surface area contributed by atoms with Gasteiger partial charge in [0.25, 0.3) is 6.43 Å². The molecular weight excluding hydrogens is 280 g/mol. The summed E-state index contributed by atoms with van der Waals surface area (Å²) < 4.78 is 26.4. The van der Waals surface area contributed by atoms with Crippen molar-refractivity contribution in [2.24, 2.45) is 0 Å². The summed E-state index contributed by atoms with van der Waals surface area (Å²) in [6, 6.07) is 5.00. The van der Waals surface area contributed by atoms with Crippen LogP contribution in [0.3, 0.4) is 0 Å². The van der Waals surface area contributed by atoms with Gasteiger partial charge in [0.1, 0.15) is 4.83 Å². The fourth-order valence-electron chi connectivity index (χ4n) is 2.17. The molecule has 0 saturated heterocycles. The molecule has 0 fully saturated rings. The predicted octanol–water partition coefficient (Wildman–Crippen LogP) is 4.19. The van der Waals surface area contributed by atoms with Crippen LogP contribution in [0.15, 0.2) is 30.6 Å². The van der Waals surface area contributed by atoms with Crippen molar-refractivity contribution in [3.8, 4) is 10.4 Å². The highest BCUT2D eigenvalue weighted by atomic mass is 32.1. The van der Waals surface area contributed by atoms with E-state index >= 15 is 0 Å². The van der Waals surface area contributed by atoms with Crippen LogP contribution in [0.5, 0.6) is 0 Å². The number of rotatable bonds is 2. The largest absolute Gasteiger partial charge is 0.397 e. The van der Waals surface area contributed by atoms with Crippen LogP contribution in [0.4, 0.5) is 14.5 Å². The van der Waals surface area contributed by atoms with Gasteiger partial charge in [-0.2, -0.15) is 0 Å². The normalized spacial score (nSPS) is 11.4. The summed E-state index contributed by atoms with van der Waals surface area (Å²) >= 11 is 1.33. The molecular formula is C14H11F2N3S. The number of anilines is 1. The van der Waals surface area contributed by atoms with E-state index in [-0.39, 0.29) is 5.56 Å². The van der Waals surface area contributed by atoms with Crippen molar-refractivity contribution < 1.29 is 8.78 Å². The molecule has 2 N–H and O–H groups in total. The van der Waals surface area contributed by atoms with Crippen molar-refractivity contribution in [3.05, 3.63) is 41.9 Å². The molecule has 0 aliphatic carbocycles. The molecule has 6 heteroatoms. The fourth-order valence-corrected chi connectivity index (χ4v) is 3.35. The standard InChI is InChI=1S/C14H11F2N3S/c1-7-6-9(13(15)16)10-11(17)12(20-14(10)19-7)8-2-4-18-5-3-8/h2-6,13H,17H2,1H3. The van der Waals surface area contributed by atoms with Crippen molar-refractivity contribution >= 4 is 27.2 Å². The molecule has 0 spiro atoms. The average molecular weight is 291 g/mol. The highest BCUT2D eigenvalue weighted by Crippen LogP contribution is 2.43. The molecule has 102 valence electrons. The Bertz CT molecular complexity index is 769. The van der Waals surface area contributed by atoms with Crippen LogP contribution in [-0.2, 0) is 0 Å². The summed E-state index contributed by atoms with van der Waals surface area (Å²) in [7, 11) is 0. The van der Waals surface area contributed by atoms with E-state index < -0.39 is 6.43 Å². The molecule has 0 atom stereocenters. The van der Waals surface area contributed by atoms with Crippen LogP contribution in [0, 0.1) is 6.92 Å². The van der Waals surface area contributed by atoms with Gasteiger partial charge < -0.3 is 5.73 Å². The van der Waals surface area contributed by atoms with Crippen molar-refractivity contribution in [1.29, 1.82) is 0 Å². The first-order chi connectivity index (χ1) is 9.58. The number of nitrogen functional groups attached to an aromatic ring is 1. The number of fused-ring (bicyclic) bond motifs is 1. The number of alkyl halides is 2. The van der Waals surface area contributed by atoms with Gasteiger partial charge >= 0.3 is 0 Å². The lowest BCUT2D eigenvalue weighted by atomic mass is 10.1. The lowest BCUT2D eigenvalue weighted by molar-refractivity contribution is 0.153. The molecule has 3 nitrogen and oxygen atoms in total. The molecule has 3 aromatic rings. The number of hydrogen-bond acceptors (Lipinski definition) is 4. The zero-order valence-electron chi connectivity index (χ0n) is 10.6. The number of aromatic nitrogens is 2. The number of nitrogens with zero attached hydrogens (tertiary/aromatic N) is 2. The molecule has 0 unspecified atom stereocenters. The molecule has 3 aromatic heterocycles. The Morgan fingerprint density at radius 3 is 2.60 bits per heavy atom. The second-order valence-electron chi connectivity index (χ2n) is 4.41. The molecule has 0 radical (unpaired) electrons. The minimum atomic E-state index is -2.57. The Morgan fingerprint density at radius 1 is 1.25 bits per heavy atom. The molecule has 0 aliphatic rings. The summed E-state index contributed by atoms with van der Waals surface area (Å²) in [6.07, 6.45) is 0.721. The van der Waals surface area contributed by atoms with Gasteiger partial charge in [-0.15, -0.1) is 11.3 Å². The Hall–Kier alpha value is -2.08. The number of nitrogens with two attached hydrogens (primary N) is 1. The number of hydrogen-bond donors (Lipinski definition) is 1. The minimum absolute atomic E-state index is 0.0541. The van der Waals surface area contributed by atoms with Gasteiger partial charge in [0, 0.05) is 29.0 Å². The topological polar surface area (TPSA) is 51.8 Å². The Balaban J connectivity index is 2.33. The van der Waals surface area contributed by atoms with Gasteiger partial charge in [-0.3, -0.25) is 4.98 Å². The maximum atomic E-state index is 13.2. The first kappa shape index (κ1) is 12.9. The van der Waals surface area contributed by atoms with E-state index in [1.54, 1.807) is 31.5 Å². The number of aryl methyl sites for hydroxylation is 1. The lowest BCUT2D eigenvalue weighted by Crippen LogP contribution is -1.93. The van der Waals surface area contributed by atoms with Gasteiger partial charge in [0.15, 0.2) is 0 Å². The summed E-state index contributed by atoms with van der Waals surface area (Å²) in [4.78, 5) is 9.56. The zero-order valence-corrected chi connectivity index (χ0v) is 11.4. The Labute approximate surface area is 118 Å².